The van der Waals surface area contributed by atoms with Crippen LogP contribution in [0, 0.1) is 5.82 Å². The van der Waals surface area contributed by atoms with Crippen LogP contribution in [0.1, 0.15) is 5.69 Å². The maximum absolute atomic E-state index is 13.7. The molecule has 3 rings (SSSR count). The highest BCUT2D eigenvalue weighted by molar-refractivity contribution is 9.10. The molecule has 12 heteroatoms. The van der Waals surface area contributed by atoms with Crippen LogP contribution >= 0.6 is 15.9 Å². The van der Waals surface area contributed by atoms with Crippen LogP contribution in [0.3, 0.4) is 0 Å². The SMILES string of the molecule is CS(=O)(=O)c1cc(Nc2ccc(Br)c(-n3ccc(C(F)(F)F)n3)n2)ccc1F. The molecule has 1 aromatic carbocycles. The molecule has 0 aliphatic carbocycles. The molecule has 1 N–H and O–H groups in total. The smallest absolute Gasteiger partial charge is 0.340 e. The number of halogens is 5. The van der Waals surface area contributed by atoms with Crippen LogP contribution in [-0.2, 0) is 16.0 Å². The second-order valence-corrected chi connectivity index (χ2v) is 8.53. The molecule has 0 aliphatic rings. The van der Waals surface area contributed by atoms with Gasteiger partial charge in [-0.3, -0.25) is 0 Å². The van der Waals surface area contributed by atoms with Crippen molar-refractivity contribution in [1.29, 1.82) is 0 Å². The minimum absolute atomic E-state index is 0.0750. The van der Waals surface area contributed by atoms with Crippen molar-refractivity contribution in [3.63, 3.8) is 0 Å². The molecule has 0 unspecified atom stereocenters. The molecule has 148 valence electrons. The second-order valence-electron chi connectivity index (χ2n) is 5.69. The summed E-state index contributed by atoms with van der Waals surface area (Å²) in [5.41, 5.74) is -0.838. The summed E-state index contributed by atoms with van der Waals surface area (Å²) >= 11 is 3.20. The van der Waals surface area contributed by atoms with Crippen LogP contribution < -0.4 is 5.32 Å². The highest BCUT2D eigenvalue weighted by Gasteiger charge is 2.33. The van der Waals surface area contributed by atoms with Crippen molar-refractivity contribution in [2.75, 3.05) is 11.6 Å². The van der Waals surface area contributed by atoms with Crippen LogP contribution in [-0.4, -0.2) is 29.4 Å². The molecule has 0 saturated heterocycles. The number of nitrogens with one attached hydrogen (secondary N) is 1. The summed E-state index contributed by atoms with van der Waals surface area (Å²) in [5, 5.41) is 6.25. The lowest BCUT2D eigenvalue weighted by Crippen LogP contribution is -2.08. The monoisotopic (exact) mass is 478 g/mol. The molecule has 2 heterocycles. The first kappa shape index (κ1) is 20.3. The summed E-state index contributed by atoms with van der Waals surface area (Å²) in [5.74, 6) is -0.631. The summed E-state index contributed by atoms with van der Waals surface area (Å²) in [6, 6.07) is 7.24. The van der Waals surface area contributed by atoms with Crippen molar-refractivity contribution >= 4 is 37.3 Å². The van der Waals surface area contributed by atoms with Gasteiger partial charge in [-0.1, -0.05) is 0 Å². The molecule has 3 aromatic rings. The Morgan fingerprint density at radius 3 is 2.46 bits per heavy atom. The molecule has 6 nitrogen and oxygen atoms in total. The summed E-state index contributed by atoms with van der Waals surface area (Å²) in [6.07, 6.45) is -2.61. The second kappa shape index (κ2) is 7.17. The molecule has 0 aliphatic heterocycles. The van der Waals surface area contributed by atoms with Crippen LogP contribution in [0.2, 0.25) is 0 Å². The van der Waals surface area contributed by atoms with Gasteiger partial charge in [-0.25, -0.2) is 22.5 Å². The lowest BCUT2D eigenvalue weighted by Gasteiger charge is -2.11. The third-order valence-corrected chi connectivity index (χ3v) is 5.26. The summed E-state index contributed by atoms with van der Waals surface area (Å²) in [6.45, 7) is 0. The van der Waals surface area contributed by atoms with E-state index in [1.165, 1.54) is 18.2 Å². The number of pyridine rings is 1. The number of aromatic nitrogens is 3. The van der Waals surface area contributed by atoms with E-state index < -0.39 is 32.4 Å². The molecule has 0 radical (unpaired) electrons. The van der Waals surface area contributed by atoms with E-state index in [0.717, 1.165) is 35.3 Å². The highest BCUT2D eigenvalue weighted by Crippen LogP contribution is 2.29. The van der Waals surface area contributed by atoms with Crippen molar-refractivity contribution in [2.24, 2.45) is 0 Å². The number of nitrogens with zero attached hydrogens (tertiary/aromatic N) is 3. The molecule has 0 amide bonds. The van der Waals surface area contributed by atoms with Gasteiger partial charge in [0.2, 0.25) is 0 Å². The largest absolute Gasteiger partial charge is 0.435 e. The Balaban J connectivity index is 1.96. The van der Waals surface area contributed by atoms with E-state index in [-0.39, 0.29) is 17.3 Å². The predicted molar refractivity (Wildman–Crippen MR) is 96.9 cm³/mol. The normalized spacial score (nSPS) is 12.2. The molecule has 0 atom stereocenters. The first-order valence-corrected chi connectivity index (χ1v) is 10.2. The van der Waals surface area contributed by atoms with Crippen LogP contribution in [0.4, 0.5) is 29.1 Å². The van der Waals surface area contributed by atoms with E-state index in [0.29, 0.717) is 4.47 Å². The van der Waals surface area contributed by atoms with Gasteiger partial charge in [-0.15, -0.1) is 0 Å². The summed E-state index contributed by atoms with van der Waals surface area (Å²) < 4.78 is 76.6. The summed E-state index contributed by atoms with van der Waals surface area (Å²) in [4.78, 5) is 3.69. The fourth-order valence-electron chi connectivity index (χ4n) is 2.27. The van der Waals surface area contributed by atoms with Gasteiger partial charge >= 0.3 is 6.18 Å². The first-order valence-electron chi connectivity index (χ1n) is 7.51. The van der Waals surface area contributed by atoms with Gasteiger partial charge in [0, 0.05) is 18.1 Å². The Kier molecular flexibility index (Phi) is 5.19. The lowest BCUT2D eigenvalue weighted by molar-refractivity contribution is -0.141. The highest BCUT2D eigenvalue weighted by atomic mass is 79.9. The first-order chi connectivity index (χ1) is 12.9. The van der Waals surface area contributed by atoms with Gasteiger partial charge in [0.1, 0.15) is 16.5 Å². The Morgan fingerprint density at radius 2 is 1.86 bits per heavy atom. The van der Waals surface area contributed by atoms with E-state index in [9.17, 15) is 26.0 Å². The maximum atomic E-state index is 13.7. The van der Waals surface area contributed by atoms with E-state index in [2.05, 4.69) is 31.3 Å². The van der Waals surface area contributed by atoms with E-state index in [4.69, 9.17) is 0 Å². The number of benzene rings is 1. The zero-order valence-electron chi connectivity index (χ0n) is 14.0. The predicted octanol–water partition coefficient (Wildman–Crippen LogP) is 4.33. The Bertz CT molecular complexity index is 1150. The Hall–Kier alpha value is -2.47. The van der Waals surface area contributed by atoms with Crippen molar-refractivity contribution < 1.29 is 26.0 Å². The molecule has 0 spiro atoms. The number of hydrogen-bond acceptors (Lipinski definition) is 5. The number of alkyl halides is 3. The quantitative estimate of drug-likeness (QED) is 0.564. The van der Waals surface area contributed by atoms with Gasteiger partial charge in [0.05, 0.1) is 4.47 Å². The maximum Gasteiger partial charge on any atom is 0.435 e. The van der Waals surface area contributed by atoms with Crippen LogP contribution in [0.25, 0.3) is 5.82 Å². The molecular weight excluding hydrogens is 468 g/mol. The number of sulfone groups is 1. The number of rotatable bonds is 4. The average Bonchev–Trinajstić information content (AvgIpc) is 3.07. The van der Waals surface area contributed by atoms with E-state index in [1.807, 2.05) is 0 Å². The molecular formula is C16H11BrF4N4O2S. The van der Waals surface area contributed by atoms with Crippen molar-refractivity contribution in [3.8, 4) is 5.82 Å². The molecule has 2 aromatic heterocycles. The Morgan fingerprint density at radius 1 is 1.14 bits per heavy atom. The van der Waals surface area contributed by atoms with Gasteiger partial charge in [-0.05, 0) is 52.3 Å². The minimum Gasteiger partial charge on any atom is -0.340 e. The van der Waals surface area contributed by atoms with Crippen molar-refractivity contribution in [1.82, 2.24) is 14.8 Å². The van der Waals surface area contributed by atoms with Gasteiger partial charge in [0.25, 0.3) is 0 Å². The van der Waals surface area contributed by atoms with Gasteiger partial charge < -0.3 is 5.32 Å². The lowest BCUT2D eigenvalue weighted by atomic mass is 10.3. The van der Waals surface area contributed by atoms with Crippen molar-refractivity contribution in [3.05, 3.63) is 58.6 Å². The van der Waals surface area contributed by atoms with Crippen LogP contribution in [0.5, 0.6) is 0 Å². The summed E-state index contributed by atoms with van der Waals surface area (Å²) in [7, 11) is -3.78. The molecule has 28 heavy (non-hydrogen) atoms. The fourth-order valence-corrected chi connectivity index (χ4v) is 3.43. The molecule has 0 bridgehead atoms. The zero-order chi connectivity index (χ0) is 20.7. The minimum atomic E-state index is -4.59. The standard InChI is InChI=1S/C16H11BrF4N4O2S/c1-28(26,27)12-8-9(2-4-11(12)18)22-14-5-3-10(17)15(23-14)25-7-6-13(24-25)16(19,20)21/h2-8H,1H3,(H,22,23). The fraction of sp³-hybridized carbons (Fsp3) is 0.125. The topological polar surface area (TPSA) is 76.9 Å². The van der Waals surface area contributed by atoms with Crippen molar-refractivity contribution in [2.45, 2.75) is 11.1 Å². The third-order valence-electron chi connectivity index (χ3n) is 3.53. The number of anilines is 2. The van der Waals surface area contributed by atoms with E-state index in [1.54, 1.807) is 0 Å². The zero-order valence-corrected chi connectivity index (χ0v) is 16.4. The molecule has 0 saturated carbocycles. The van der Waals surface area contributed by atoms with E-state index >= 15 is 0 Å². The Labute approximate surface area is 165 Å². The average molecular weight is 479 g/mol. The number of hydrogen-bond donors (Lipinski definition) is 1. The van der Waals surface area contributed by atoms with Gasteiger partial charge in [-0.2, -0.15) is 18.3 Å². The third kappa shape index (κ3) is 4.33. The molecule has 0 fully saturated rings. The van der Waals surface area contributed by atoms with Gasteiger partial charge in [0.15, 0.2) is 21.3 Å². The van der Waals surface area contributed by atoms with Crippen LogP contribution in [0.15, 0.2) is 52.0 Å².